The standard InChI is InChI=1S/C9H12N2O/c1-7(11-10)9-4-2-3-8(5-9)6-12/h2-5,12H,6,10H2,1H3/b11-7-. The van der Waals surface area contributed by atoms with Gasteiger partial charge in [0.05, 0.1) is 12.3 Å². The molecule has 0 unspecified atom stereocenters. The van der Waals surface area contributed by atoms with Gasteiger partial charge < -0.3 is 10.9 Å². The first kappa shape index (κ1) is 8.74. The maximum Gasteiger partial charge on any atom is 0.0682 e. The van der Waals surface area contributed by atoms with E-state index in [9.17, 15) is 0 Å². The SMILES string of the molecule is C/C(=N/N)c1cccc(CO)c1. The third kappa shape index (κ3) is 1.83. The van der Waals surface area contributed by atoms with E-state index in [1.807, 2.05) is 31.2 Å². The number of aliphatic hydroxyl groups is 1. The molecule has 0 heterocycles. The molecule has 0 spiro atoms. The van der Waals surface area contributed by atoms with Crippen LogP contribution >= 0.6 is 0 Å². The second kappa shape index (κ2) is 3.88. The van der Waals surface area contributed by atoms with Crippen molar-refractivity contribution < 1.29 is 5.11 Å². The van der Waals surface area contributed by atoms with Crippen LogP contribution in [0.25, 0.3) is 0 Å². The molecule has 3 heteroatoms. The predicted octanol–water partition coefficient (Wildman–Crippen LogP) is 0.862. The molecule has 64 valence electrons. The number of hydrazone groups is 1. The summed E-state index contributed by atoms with van der Waals surface area (Å²) in [7, 11) is 0. The van der Waals surface area contributed by atoms with Gasteiger partial charge in [0, 0.05) is 0 Å². The zero-order valence-electron chi connectivity index (χ0n) is 6.99. The first-order chi connectivity index (χ1) is 5.77. The maximum atomic E-state index is 8.85. The molecule has 3 N–H and O–H groups in total. The minimum absolute atomic E-state index is 0.0473. The third-order valence-corrected chi connectivity index (χ3v) is 1.72. The first-order valence-electron chi connectivity index (χ1n) is 3.72. The van der Waals surface area contributed by atoms with Crippen LogP contribution in [0.5, 0.6) is 0 Å². The molecule has 0 aliphatic carbocycles. The molecular weight excluding hydrogens is 152 g/mol. The fraction of sp³-hybridized carbons (Fsp3) is 0.222. The Hall–Kier alpha value is -1.35. The summed E-state index contributed by atoms with van der Waals surface area (Å²) in [6, 6.07) is 7.50. The number of rotatable bonds is 2. The predicted molar refractivity (Wildman–Crippen MR) is 48.8 cm³/mol. The Morgan fingerprint density at radius 1 is 1.58 bits per heavy atom. The molecule has 0 aromatic heterocycles. The maximum absolute atomic E-state index is 8.85. The van der Waals surface area contributed by atoms with E-state index in [4.69, 9.17) is 10.9 Å². The van der Waals surface area contributed by atoms with Crippen molar-refractivity contribution >= 4 is 5.71 Å². The number of nitrogens with two attached hydrogens (primary N) is 1. The number of benzene rings is 1. The minimum Gasteiger partial charge on any atom is -0.392 e. The van der Waals surface area contributed by atoms with Gasteiger partial charge in [0.2, 0.25) is 0 Å². The van der Waals surface area contributed by atoms with E-state index in [1.54, 1.807) is 0 Å². The van der Waals surface area contributed by atoms with Gasteiger partial charge in [-0.05, 0) is 24.1 Å². The average molecular weight is 164 g/mol. The quantitative estimate of drug-likeness (QED) is 0.387. The minimum atomic E-state index is 0.0473. The van der Waals surface area contributed by atoms with Gasteiger partial charge in [-0.1, -0.05) is 18.2 Å². The lowest BCUT2D eigenvalue weighted by Gasteiger charge is -2.00. The van der Waals surface area contributed by atoms with E-state index in [-0.39, 0.29) is 6.61 Å². The van der Waals surface area contributed by atoms with Crippen molar-refractivity contribution in [2.75, 3.05) is 0 Å². The van der Waals surface area contributed by atoms with Crippen molar-refractivity contribution in [3.05, 3.63) is 35.4 Å². The van der Waals surface area contributed by atoms with Crippen molar-refractivity contribution in [1.29, 1.82) is 0 Å². The van der Waals surface area contributed by atoms with Gasteiger partial charge in [-0.2, -0.15) is 5.10 Å². The molecule has 0 saturated carbocycles. The normalized spacial score (nSPS) is 11.7. The summed E-state index contributed by atoms with van der Waals surface area (Å²) < 4.78 is 0. The Kier molecular flexibility index (Phi) is 2.82. The Bertz CT molecular complexity index is 294. The van der Waals surface area contributed by atoms with E-state index in [0.29, 0.717) is 0 Å². The van der Waals surface area contributed by atoms with Crippen LogP contribution in [0.1, 0.15) is 18.1 Å². The van der Waals surface area contributed by atoms with Gasteiger partial charge in [-0.15, -0.1) is 0 Å². The Morgan fingerprint density at radius 3 is 2.92 bits per heavy atom. The van der Waals surface area contributed by atoms with Gasteiger partial charge >= 0.3 is 0 Å². The monoisotopic (exact) mass is 164 g/mol. The summed E-state index contributed by atoms with van der Waals surface area (Å²) in [5, 5.41) is 12.4. The molecule has 0 saturated heterocycles. The fourth-order valence-corrected chi connectivity index (χ4v) is 0.969. The summed E-state index contributed by atoms with van der Waals surface area (Å²) in [5.74, 6) is 5.12. The zero-order valence-corrected chi connectivity index (χ0v) is 6.99. The van der Waals surface area contributed by atoms with Crippen LogP contribution in [0.15, 0.2) is 29.4 Å². The molecule has 1 aromatic carbocycles. The van der Waals surface area contributed by atoms with Crippen LogP contribution in [0.3, 0.4) is 0 Å². The van der Waals surface area contributed by atoms with Crippen molar-refractivity contribution in [2.45, 2.75) is 13.5 Å². The average Bonchev–Trinajstić information content (AvgIpc) is 2.17. The summed E-state index contributed by atoms with van der Waals surface area (Å²) in [6.07, 6.45) is 0. The van der Waals surface area contributed by atoms with Crippen LogP contribution in [0.2, 0.25) is 0 Å². The molecule has 1 aromatic rings. The lowest BCUT2D eigenvalue weighted by molar-refractivity contribution is 0.282. The Morgan fingerprint density at radius 2 is 2.33 bits per heavy atom. The van der Waals surface area contributed by atoms with E-state index in [0.717, 1.165) is 16.8 Å². The number of hydrogen-bond donors (Lipinski definition) is 2. The molecule has 0 amide bonds. The van der Waals surface area contributed by atoms with E-state index >= 15 is 0 Å². The van der Waals surface area contributed by atoms with Gasteiger partial charge in [0.25, 0.3) is 0 Å². The van der Waals surface area contributed by atoms with Crippen LogP contribution in [-0.4, -0.2) is 10.8 Å². The highest BCUT2D eigenvalue weighted by molar-refractivity contribution is 5.98. The smallest absolute Gasteiger partial charge is 0.0682 e. The van der Waals surface area contributed by atoms with Gasteiger partial charge in [0.15, 0.2) is 0 Å². The lowest BCUT2D eigenvalue weighted by atomic mass is 10.1. The molecular formula is C9H12N2O. The molecule has 0 aliphatic rings. The van der Waals surface area contributed by atoms with E-state index in [2.05, 4.69) is 5.10 Å². The van der Waals surface area contributed by atoms with Crippen LogP contribution in [0, 0.1) is 0 Å². The summed E-state index contributed by atoms with van der Waals surface area (Å²) >= 11 is 0. The number of aliphatic hydroxyl groups excluding tert-OH is 1. The molecule has 0 atom stereocenters. The summed E-state index contributed by atoms with van der Waals surface area (Å²) in [5.41, 5.74) is 2.59. The van der Waals surface area contributed by atoms with Crippen molar-refractivity contribution in [3.63, 3.8) is 0 Å². The van der Waals surface area contributed by atoms with Crippen molar-refractivity contribution in [1.82, 2.24) is 0 Å². The number of nitrogens with zero attached hydrogens (tertiary/aromatic N) is 1. The number of hydrogen-bond acceptors (Lipinski definition) is 3. The largest absolute Gasteiger partial charge is 0.392 e. The highest BCUT2D eigenvalue weighted by Gasteiger charge is 1.97. The van der Waals surface area contributed by atoms with Crippen molar-refractivity contribution in [3.8, 4) is 0 Å². The van der Waals surface area contributed by atoms with Gasteiger partial charge in [0.1, 0.15) is 0 Å². The lowest BCUT2D eigenvalue weighted by Crippen LogP contribution is -1.99. The van der Waals surface area contributed by atoms with E-state index in [1.165, 1.54) is 0 Å². The Labute approximate surface area is 71.5 Å². The van der Waals surface area contributed by atoms with Gasteiger partial charge in [-0.25, -0.2) is 0 Å². The highest BCUT2D eigenvalue weighted by atomic mass is 16.3. The van der Waals surface area contributed by atoms with Crippen LogP contribution < -0.4 is 5.84 Å². The molecule has 0 bridgehead atoms. The molecule has 0 fully saturated rings. The van der Waals surface area contributed by atoms with E-state index < -0.39 is 0 Å². The zero-order chi connectivity index (χ0) is 8.97. The molecule has 3 nitrogen and oxygen atoms in total. The summed E-state index contributed by atoms with van der Waals surface area (Å²) in [6.45, 7) is 1.88. The van der Waals surface area contributed by atoms with Crippen LogP contribution in [0.4, 0.5) is 0 Å². The topological polar surface area (TPSA) is 58.6 Å². The third-order valence-electron chi connectivity index (χ3n) is 1.72. The van der Waals surface area contributed by atoms with Gasteiger partial charge in [-0.3, -0.25) is 0 Å². The second-order valence-corrected chi connectivity index (χ2v) is 2.57. The second-order valence-electron chi connectivity index (χ2n) is 2.57. The molecule has 1 rings (SSSR count). The molecule has 12 heavy (non-hydrogen) atoms. The Balaban J connectivity index is 3.02. The van der Waals surface area contributed by atoms with Crippen molar-refractivity contribution in [2.24, 2.45) is 10.9 Å². The van der Waals surface area contributed by atoms with Crippen LogP contribution in [-0.2, 0) is 6.61 Å². The summed E-state index contributed by atoms with van der Waals surface area (Å²) in [4.78, 5) is 0. The first-order valence-corrected chi connectivity index (χ1v) is 3.72. The highest BCUT2D eigenvalue weighted by Crippen LogP contribution is 2.05. The molecule has 0 radical (unpaired) electrons. The fourth-order valence-electron chi connectivity index (χ4n) is 0.969. The molecule has 0 aliphatic heterocycles.